The fourth-order valence-corrected chi connectivity index (χ4v) is 1.50. The van der Waals surface area contributed by atoms with E-state index in [1.165, 1.54) is 10.6 Å². The number of carbonyl (C=O) groups is 1. The van der Waals surface area contributed by atoms with E-state index in [9.17, 15) is 9.59 Å². The van der Waals surface area contributed by atoms with E-state index in [0.717, 1.165) is 5.56 Å². The van der Waals surface area contributed by atoms with E-state index in [4.69, 9.17) is 0 Å². The molecule has 0 aliphatic rings. The first-order valence-electron chi connectivity index (χ1n) is 5.47. The molecule has 0 radical (unpaired) electrons. The number of hydrogen-bond donors (Lipinski definition) is 1. The Hall–Kier alpha value is -2.43. The number of anilines is 1. The standard InChI is InChI=1S/C13H13N3O2/c1-9-5-6-11(14-8-9)15-12(17)10-4-3-7-16(2)13(10)18/h3-8H,1-2H3,(H,14,15,17). The zero-order valence-electron chi connectivity index (χ0n) is 10.2. The summed E-state index contributed by atoms with van der Waals surface area (Å²) in [6.07, 6.45) is 3.25. The number of amides is 1. The zero-order valence-corrected chi connectivity index (χ0v) is 10.2. The minimum absolute atomic E-state index is 0.0994. The van der Waals surface area contributed by atoms with Crippen LogP contribution in [0.4, 0.5) is 5.82 Å². The average Bonchev–Trinajstić information content (AvgIpc) is 2.35. The Morgan fingerprint density at radius 1 is 1.33 bits per heavy atom. The molecule has 0 saturated carbocycles. The van der Waals surface area contributed by atoms with Crippen molar-refractivity contribution in [3.8, 4) is 0 Å². The summed E-state index contributed by atoms with van der Waals surface area (Å²) >= 11 is 0. The second kappa shape index (κ2) is 4.83. The maximum absolute atomic E-state index is 11.9. The number of pyridine rings is 2. The molecule has 1 amide bonds. The Bertz CT molecular complexity index is 629. The van der Waals surface area contributed by atoms with Crippen LogP contribution in [0.15, 0.2) is 41.5 Å². The summed E-state index contributed by atoms with van der Waals surface area (Å²) in [5.41, 5.74) is 0.771. The van der Waals surface area contributed by atoms with E-state index in [0.29, 0.717) is 5.82 Å². The van der Waals surface area contributed by atoms with Gasteiger partial charge in [0.1, 0.15) is 11.4 Å². The van der Waals surface area contributed by atoms with Crippen LogP contribution in [0, 0.1) is 6.92 Å². The highest BCUT2D eigenvalue weighted by atomic mass is 16.2. The number of hydrogen-bond acceptors (Lipinski definition) is 3. The van der Waals surface area contributed by atoms with Gasteiger partial charge in [0.2, 0.25) is 0 Å². The molecule has 0 unspecified atom stereocenters. The fourth-order valence-electron chi connectivity index (χ4n) is 1.50. The van der Waals surface area contributed by atoms with Crippen molar-refractivity contribution in [2.75, 3.05) is 5.32 Å². The topological polar surface area (TPSA) is 64.0 Å². The summed E-state index contributed by atoms with van der Waals surface area (Å²) in [7, 11) is 1.60. The van der Waals surface area contributed by atoms with E-state index in [1.54, 1.807) is 31.6 Å². The van der Waals surface area contributed by atoms with Crippen LogP contribution in [0.5, 0.6) is 0 Å². The van der Waals surface area contributed by atoms with Gasteiger partial charge >= 0.3 is 0 Å². The number of nitrogens with zero attached hydrogens (tertiary/aromatic N) is 2. The Morgan fingerprint density at radius 3 is 2.78 bits per heavy atom. The molecule has 5 heteroatoms. The highest BCUT2D eigenvalue weighted by Gasteiger charge is 2.11. The molecular formula is C13H13N3O2. The molecule has 0 spiro atoms. The van der Waals surface area contributed by atoms with Gasteiger partial charge in [0, 0.05) is 19.4 Å². The number of carbonyl (C=O) groups excluding carboxylic acids is 1. The van der Waals surface area contributed by atoms with Gasteiger partial charge in [0.25, 0.3) is 11.5 Å². The second-order valence-electron chi connectivity index (χ2n) is 4.01. The van der Waals surface area contributed by atoms with Crippen molar-refractivity contribution in [2.45, 2.75) is 6.92 Å². The number of aromatic nitrogens is 2. The molecule has 0 aliphatic heterocycles. The molecule has 18 heavy (non-hydrogen) atoms. The van der Waals surface area contributed by atoms with Crippen molar-refractivity contribution in [2.24, 2.45) is 7.05 Å². The first-order valence-corrected chi connectivity index (χ1v) is 5.47. The monoisotopic (exact) mass is 243 g/mol. The normalized spacial score (nSPS) is 10.1. The Balaban J connectivity index is 2.25. The van der Waals surface area contributed by atoms with E-state index in [1.807, 2.05) is 13.0 Å². The van der Waals surface area contributed by atoms with Gasteiger partial charge in [0.05, 0.1) is 0 Å². The van der Waals surface area contributed by atoms with Crippen molar-refractivity contribution in [1.29, 1.82) is 0 Å². The van der Waals surface area contributed by atoms with Gasteiger partial charge in [0.15, 0.2) is 0 Å². The average molecular weight is 243 g/mol. The van der Waals surface area contributed by atoms with Crippen molar-refractivity contribution in [3.05, 3.63) is 58.1 Å². The highest BCUT2D eigenvalue weighted by Crippen LogP contribution is 2.05. The largest absolute Gasteiger partial charge is 0.318 e. The summed E-state index contributed by atoms with van der Waals surface area (Å²) in [5, 5.41) is 2.59. The lowest BCUT2D eigenvalue weighted by Crippen LogP contribution is -2.27. The molecule has 2 aromatic rings. The van der Waals surface area contributed by atoms with Crippen molar-refractivity contribution in [1.82, 2.24) is 9.55 Å². The van der Waals surface area contributed by atoms with Gasteiger partial charge in [-0.05, 0) is 30.7 Å². The van der Waals surface area contributed by atoms with Crippen LogP contribution in [0.2, 0.25) is 0 Å². The summed E-state index contributed by atoms with van der Waals surface area (Å²) in [4.78, 5) is 27.7. The van der Waals surface area contributed by atoms with Gasteiger partial charge in [-0.15, -0.1) is 0 Å². The SMILES string of the molecule is Cc1ccc(NC(=O)c2cccn(C)c2=O)nc1. The lowest BCUT2D eigenvalue weighted by molar-refractivity contribution is 0.102. The third-order valence-electron chi connectivity index (χ3n) is 2.52. The quantitative estimate of drug-likeness (QED) is 0.865. The van der Waals surface area contributed by atoms with Gasteiger partial charge in [-0.1, -0.05) is 6.07 Å². The number of aryl methyl sites for hydroxylation is 2. The van der Waals surface area contributed by atoms with Crippen LogP contribution in [0.1, 0.15) is 15.9 Å². The summed E-state index contributed by atoms with van der Waals surface area (Å²) in [5.74, 6) is -0.0240. The van der Waals surface area contributed by atoms with E-state index >= 15 is 0 Å². The van der Waals surface area contributed by atoms with Crippen LogP contribution in [-0.2, 0) is 7.05 Å². The predicted molar refractivity (Wildman–Crippen MR) is 68.6 cm³/mol. The van der Waals surface area contributed by atoms with Crippen LogP contribution < -0.4 is 10.9 Å². The first kappa shape index (κ1) is 12.0. The molecule has 0 aliphatic carbocycles. The van der Waals surface area contributed by atoms with Gasteiger partial charge in [-0.3, -0.25) is 9.59 Å². The summed E-state index contributed by atoms with van der Waals surface area (Å²) < 4.78 is 1.36. The molecule has 5 nitrogen and oxygen atoms in total. The minimum atomic E-state index is -0.451. The molecule has 92 valence electrons. The number of nitrogens with one attached hydrogen (secondary N) is 1. The van der Waals surface area contributed by atoms with E-state index < -0.39 is 5.91 Å². The number of rotatable bonds is 2. The maximum atomic E-state index is 11.9. The molecule has 0 aromatic carbocycles. The smallest absolute Gasteiger partial charge is 0.263 e. The van der Waals surface area contributed by atoms with E-state index in [2.05, 4.69) is 10.3 Å². The molecule has 2 aromatic heterocycles. The predicted octanol–water partition coefficient (Wildman–Crippen LogP) is 1.34. The Labute approximate surface area is 104 Å². The minimum Gasteiger partial charge on any atom is -0.318 e. The van der Waals surface area contributed by atoms with Gasteiger partial charge < -0.3 is 9.88 Å². The third-order valence-corrected chi connectivity index (χ3v) is 2.52. The Morgan fingerprint density at radius 2 is 2.11 bits per heavy atom. The molecule has 1 N–H and O–H groups in total. The second-order valence-corrected chi connectivity index (χ2v) is 4.01. The molecule has 0 fully saturated rings. The summed E-state index contributed by atoms with van der Waals surface area (Å²) in [6.45, 7) is 1.91. The van der Waals surface area contributed by atoms with Gasteiger partial charge in [-0.25, -0.2) is 4.98 Å². The maximum Gasteiger partial charge on any atom is 0.263 e. The van der Waals surface area contributed by atoms with Crippen molar-refractivity contribution in [3.63, 3.8) is 0 Å². The zero-order chi connectivity index (χ0) is 13.1. The van der Waals surface area contributed by atoms with Crippen LogP contribution in [-0.4, -0.2) is 15.5 Å². The molecule has 0 saturated heterocycles. The highest BCUT2D eigenvalue weighted by molar-refractivity contribution is 6.03. The lowest BCUT2D eigenvalue weighted by atomic mass is 10.2. The van der Waals surface area contributed by atoms with Gasteiger partial charge in [-0.2, -0.15) is 0 Å². The van der Waals surface area contributed by atoms with E-state index in [-0.39, 0.29) is 11.1 Å². The van der Waals surface area contributed by atoms with Crippen LogP contribution in [0.25, 0.3) is 0 Å². The third kappa shape index (κ3) is 2.45. The molecule has 0 atom stereocenters. The van der Waals surface area contributed by atoms with Crippen LogP contribution >= 0.6 is 0 Å². The molecule has 2 rings (SSSR count). The lowest BCUT2D eigenvalue weighted by Gasteiger charge is -2.05. The Kier molecular flexibility index (Phi) is 3.23. The summed E-state index contributed by atoms with van der Waals surface area (Å²) in [6, 6.07) is 6.68. The first-order chi connectivity index (χ1) is 8.58. The molecule has 0 bridgehead atoms. The van der Waals surface area contributed by atoms with Crippen molar-refractivity contribution >= 4 is 11.7 Å². The van der Waals surface area contributed by atoms with Crippen LogP contribution in [0.3, 0.4) is 0 Å². The molecular weight excluding hydrogens is 230 g/mol. The fraction of sp³-hybridized carbons (Fsp3) is 0.154. The van der Waals surface area contributed by atoms with Crippen molar-refractivity contribution < 1.29 is 4.79 Å². The molecule has 2 heterocycles.